The summed E-state index contributed by atoms with van der Waals surface area (Å²) in [6.07, 6.45) is 2.79. The lowest BCUT2D eigenvalue weighted by molar-refractivity contribution is 0.0542. The summed E-state index contributed by atoms with van der Waals surface area (Å²) in [5.41, 5.74) is 0.310. The van der Waals surface area contributed by atoms with E-state index in [9.17, 15) is 0 Å². The lowest BCUT2D eigenvalue weighted by atomic mass is 9.84. The predicted octanol–water partition coefficient (Wildman–Crippen LogP) is 2.25. The van der Waals surface area contributed by atoms with Crippen LogP contribution in [0.15, 0.2) is 0 Å². The van der Waals surface area contributed by atoms with Crippen LogP contribution in [0, 0.1) is 5.41 Å². The van der Waals surface area contributed by atoms with Gasteiger partial charge in [-0.15, -0.1) is 0 Å². The molecule has 1 saturated heterocycles. The molecular formula is C9H17IO2. The van der Waals surface area contributed by atoms with Crippen LogP contribution < -0.4 is 0 Å². The van der Waals surface area contributed by atoms with Crippen molar-refractivity contribution in [1.29, 1.82) is 0 Å². The van der Waals surface area contributed by atoms with Gasteiger partial charge in [-0.25, -0.2) is 0 Å². The molecule has 3 heteroatoms. The van der Waals surface area contributed by atoms with Crippen LogP contribution in [0.5, 0.6) is 0 Å². The summed E-state index contributed by atoms with van der Waals surface area (Å²) in [4.78, 5) is 0. The lowest BCUT2D eigenvalue weighted by Gasteiger charge is -2.24. The van der Waals surface area contributed by atoms with Crippen LogP contribution in [0.1, 0.15) is 19.8 Å². The maximum Gasteiger partial charge on any atom is 0.0671 e. The van der Waals surface area contributed by atoms with Crippen LogP contribution in [0.4, 0.5) is 0 Å². The molecule has 1 fully saturated rings. The van der Waals surface area contributed by atoms with Crippen molar-refractivity contribution >= 4 is 22.6 Å². The second kappa shape index (κ2) is 4.77. The van der Waals surface area contributed by atoms with Crippen molar-refractivity contribution in [2.24, 2.45) is 5.41 Å². The smallest absolute Gasteiger partial charge is 0.0671 e. The minimum atomic E-state index is 0.310. The molecule has 0 radical (unpaired) electrons. The highest BCUT2D eigenvalue weighted by atomic mass is 127. The summed E-state index contributed by atoms with van der Waals surface area (Å²) in [7, 11) is 1.77. The van der Waals surface area contributed by atoms with E-state index in [4.69, 9.17) is 9.47 Å². The van der Waals surface area contributed by atoms with E-state index in [-0.39, 0.29) is 0 Å². The highest BCUT2D eigenvalue weighted by Crippen LogP contribution is 2.36. The lowest BCUT2D eigenvalue weighted by Crippen LogP contribution is -2.26. The molecule has 0 spiro atoms. The van der Waals surface area contributed by atoms with Crippen molar-refractivity contribution in [3.8, 4) is 0 Å². The third kappa shape index (κ3) is 2.33. The van der Waals surface area contributed by atoms with Crippen LogP contribution in [-0.4, -0.2) is 30.9 Å². The van der Waals surface area contributed by atoms with Crippen molar-refractivity contribution < 1.29 is 9.47 Å². The highest BCUT2D eigenvalue weighted by Gasteiger charge is 2.38. The fraction of sp³-hybridized carbons (Fsp3) is 1.00. The van der Waals surface area contributed by atoms with E-state index in [1.807, 2.05) is 0 Å². The molecule has 0 saturated carbocycles. The Balaban J connectivity index is 2.47. The van der Waals surface area contributed by atoms with Gasteiger partial charge in [0.25, 0.3) is 0 Å². The fourth-order valence-corrected chi connectivity index (χ4v) is 2.32. The summed E-state index contributed by atoms with van der Waals surface area (Å²) < 4.78 is 12.0. The van der Waals surface area contributed by atoms with Gasteiger partial charge in [-0.3, -0.25) is 0 Å². The molecule has 0 aromatic carbocycles. The van der Waals surface area contributed by atoms with E-state index >= 15 is 0 Å². The first-order valence-corrected chi connectivity index (χ1v) is 5.95. The standard InChI is InChI=1S/C9H17IO2/c1-3-9(6-11-2)4-8(5-10)12-7-9/h8H,3-7H2,1-2H3/t8-,9+/m0/s1. The van der Waals surface area contributed by atoms with Crippen molar-refractivity contribution in [1.82, 2.24) is 0 Å². The molecule has 0 bridgehead atoms. The van der Waals surface area contributed by atoms with Gasteiger partial charge in [-0.2, -0.15) is 0 Å². The van der Waals surface area contributed by atoms with Gasteiger partial charge in [0.2, 0.25) is 0 Å². The minimum absolute atomic E-state index is 0.310. The van der Waals surface area contributed by atoms with Crippen molar-refractivity contribution in [3.63, 3.8) is 0 Å². The van der Waals surface area contributed by atoms with Crippen molar-refractivity contribution in [3.05, 3.63) is 0 Å². The summed E-state index contributed by atoms with van der Waals surface area (Å²) >= 11 is 2.39. The minimum Gasteiger partial charge on any atom is -0.384 e. The van der Waals surface area contributed by atoms with E-state index in [2.05, 4.69) is 29.5 Å². The SMILES string of the molecule is CC[C@@]1(COC)CO[C@H](CI)C1. The number of methoxy groups -OCH3 is 1. The first-order valence-electron chi connectivity index (χ1n) is 4.43. The number of rotatable bonds is 4. The topological polar surface area (TPSA) is 18.5 Å². The van der Waals surface area contributed by atoms with Crippen molar-refractivity contribution in [2.75, 3.05) is 24.8 Å². The summed E-state index contributed by atoms with van der Waals surface area (Å²) in [6.45, 7) is 3.94. The average molecular weight is 284 g/mol. The first-order chi connectivity index (χ1) is 5.76. The Hall–Kier alpha value is 0.650. The van der Waals surface area contributed by atoms with Gasteiger partial charge in [0, 0.05) is 17.0 Å². The molecule has 0 aromatic rings. The second-order valence-electron chi connectivity index (χ2n) is 3.58. The first kappa shape index (κ1) is 10.7. The molecule has 2 atom stereocenters. The Morgan fingerprint density at radius 1 is 1.67 bits per heavy atom. The van der Waals surface area contributed by atoms with Crippen LogP contribution in [0.25, 0.3) is 0 Å². The maximum atomic E-state index is 5.67. The third-order valence-electron chi connectivity index (χ3n) is 2.66. The number of alkyl halides is 1. The second-order valence-corrected chi connectivity index (χ2v) is 4.46. The molecule has 1 rings (SSSR count). The fourth-order valence-electron chi connectivity index (χ4n) is 1.75. The Morgan fingerprint density at radius 2 is 2.42 bits per heavy atom. The molecule has 2 nitrogen and oxygen atoms in total. The largest absolute Gasteiger partial charge is 0.384 e. The van der Waals surface area contributed by atoms with Gasteiger partial charge in [0.15, 0.2) is 0 Å². The maximum absolute atomic E-state index is 5.67. The summed E-state index contributed by atoms with van der Waals surface area (Å²) in [6, 6.07) is 0. The van der Waals surface area contributed by atoms with Gasteiger partial charge >= 0.3 is 0 Å². The normalized spacial score (nSPS) is 35.8. The summed E-state index contributed by atoms with van der Waals surface area (Å²) in [5, 5.41) is 0. The molecule has 1 aliphatic rings. The Labute approximate surface area is 88.1 Å². The molecule has 0 unspecified atom stereocenters. The molecule has 1 heterocycles. The van der Waals surface area contributed by atoms with E-state index in [1.165, 1.54) is 6.42 Å². The number of hydrogen-bond acceptors (Lipinski definition) is 2. The molecule has 72 valence electrons. The highest BCUT2D eigenvalue weighted by molar-refractivity contribution is 14.1. The Morgan fingerprint density at radius 3 is 2.83 bits per heavy atom. The molecule has 0 N–H and O–H groups in total. The van der Waals surface area contributed by atoms with E-state index in [1.54, 1.807) is 7.11 Å². The zero-order valence-electron chi connectivity index (χ0n) is 7.81. The number of halogens is 1. The predicted molar refractivity (Wildman–Crippen MR) is 57.8 cm³/mol. The van der Waals surface area contributed by atoms with Crippen LogP contribution in [-0.2, 0) is 9.47 Å². The Bertz CT molecular complexity index is 140. The molecule has 0 aromatic heterocycles. The number of hydrogen-bond donors (Lipinski definition) is 0. The van der Waals surface area contributed by atoms with Gasteiger partial charge in [-0.1, -0.05) is 29.5 Å². The van der Waals surface area contributed by atoms with Gasteiger partial charge in [0.05, 0.1) is 19.3 Å². The van der Waals surface area contributed by atoms with E-state index < -0.39 is 0 Å². The van der Waals surface area contributed by atoms with Gasteiger partial charge < -0.3 is 9.47 Å². The summed E-state index contributed by atoms with van der Waals surface area (Å²) in [5.74, 6) is 0. The van der Waals surface area contributed by atoms with Crippen LogP contribution in [0.2, 0.25) is 0 Å². The molecule has 0 aliphatic carbocycles. The van der Waals surface area contributed by atoms with Crippen LogP contribution >= 0.6 is 22.6 Å². The Kier molecular flexibility index (Phi) is 4.26. The molecule has 12 heavy (non-hydrogen) atoms. The van der Waals surface area contributed by atoms with Gasteiger partial charge in [-0.05, 0) is 12.8 Å². The van der Waals surface area contributed by atoms with Gasteiger partial charge in [0.1, 0.15) is 0 Å². The molecule has 0 amide bonds. The average Bonchev–Trinajstić information content (AvgIpc) is 2.50. The van der Waals surface area contributed by atoms with Crippen molar-refractivity contribution in [2.45, 2.75) is 25.9 Å². The molecule has 1 aliphatic heterocycles. The molecular weight excluding hydrogens is 267 g/mol. The zero-order valence-corrected chi connectivity index (χ0v) is 9.96. The van der Waals surface area contributed by atoms with Crippen LogP contribution in [0.3, 0.4) is 0 Å². The monoisotopic (exact) mass is 284 g/mol. The quantitative estimate of drug-likeness (QED) is 0.582. The van der Waals surface area contributed by atoms with E-state index in [0.717, 1.165) is 24.1 Å². The van der Waals surface area contributed by atoms with E-state index in [0.29, 0.717) is 11.5 Å². The third-order valence-corrected chi connectivity index (χ3v) is 3.64. The zero-order chi connectivity index (χ0) is 9.03. The number of ether oxygens (including phenoxy) is 2.